The SMILES string of the molecule is CC1CCCCC1NC(=O)c1ccnc(N)c1. The summed E-state index contributed by atoms with van der Waals surface area (Å²) in [5.74, 6) is 0.902. The maximum absolute atomic E-state index is 12.0. The van der Waals surface area contributed by atoms with Gasteiger partial charge in [-0.15, -0.1) is 0 Å². The van der Waals surface area contributed by atoms with Crippen molar-refractivity contribution in [1.29, 1.82) is 0 Å². The van der Waals surface area contributed by atoms with Gasteiger partial charge in [0.25, 0.3) is 5.91 Å². The number of anilines is 1. The van der Waals surface area contributed by atoms with E-state index in [0.29, 0.717) is 23.3 Å². The number of hydrogen-bond donors (Lipinski definition) is 2. The fourth-order valence-electron chi connectivity index (χ4n) is 2.37. The van der Waals surface area contributed by atoms with E-state index in [1.165, 1.54) is 19.3 Å². The monoisotopic (exact) mass is 233 g/mol. The number of nitrogens with one attached hydrogen (secondary N) is 1. The maximum Gasteiger partial charge on any atom is 0.251 e. The Morgan fingerprint density at radius 2 is 2.24 bits per heavy atom. The molecule has 1 amide bonds. The molecule has 0 spiro atoms. The van der Waals surface area contributed by atoms with E-state index in [1.54, 1.807) is 18.3 Å². The Kier molecular flexibility index (Phi) is 3.61. The lowest BCUT2D eigenvalue weighted by molar-refractivity contribution is 0.0910. The minimum absolute atomic E-state index is 0.0437. The molecular formula is C13H19N3O. The number of rotatable bonds is 2. The van der Waals surface area contributed by atoms with Crippen LogP contribution in [0, 0.1) is 5.92 Å². The number of nitrogen functional groups attached to an aromatic ring is 1. The Balaban J connectivity index is 2.01. The molecule has 3 N–H and O–H groups in total. The summed E-state index contributed by atoms with van der Waals surface area (Å²) in [6.07, 6.45) is 6.31. The van der Waals surface area contributed by atoms with Crippen LogP contribution in [0.2, 0.25) is 0 Å². The third-order valence-corrected chi connectivity index (χ3v) is 3.47. The molecule has 1 aliphatic carbocycles. The molecule has 4 nitrogen and oxygen atoms in total. The van der Waals surface area contributed by atoms with Crippen LogP contribution in [0.5, 0.6) is 0 Å². The van der Waals surface area contributed by atoms with E-state index in [2.05, 4.69) is 17.2 Å². The van der Waals surface area contributed by atoms with Crippen LogP contribution in [0.3, 0.4) is 0 Å². The number of amides is 1. The van der Waals surface area contributed by atoms with Crippen molar-refractivity contribution in [3.8, 4) is 0 Å². The minimum Gasteiger partial charge on any atom is -0.384 e. The highest BCUT2D eigenvalue weighted by molar-refractivity contribution is 5.94. The van der Waals surface area contributed by atoms with E-state index in [9.17, 15) is 4.79 Å². The van der Waals surface area contributed by atoms with Crippen molar-refractivity contribution in [3.05, 3.63) is 23.9 Å². The molecule has 1 aromatic rings. The second-order valence-corrected chi connectivity index (χ2v) is 4.81. The van der Waals surface area contributed by atoms with Crippen LogP contribution >= 0.6 is 0 Å². The number of carbonyl (C=O) groups excluding carboxylic acids is 1. The second kappa shape index (κ2) is 5.17. The predicted octanol–water partition coefficient (Wildman–Crippen LogP) is 1.97. The van der Waals surface area contributed by atoms with Gasteiger partial charge >= 0.3 is 0 Å². The number of pyridine rings is 1. The lowest BCUT2D eigenvalue weighted by atomic mass is 9.86. The van der Waals surface area contributed by atoms with Gasteiger partial charge in [-0.25, -0.2) is 4.98 Å². The molecule has 1 saturated carbocycles. The Bertz CT molecular complexity index is 405. The van der Waals surface area contributed by atoms with Gasteiger partial charge in [0.05, 0.1) is 0 Å². The highest BCUT2D eigenvalue weighted by Crippen LogP contribution is 2.24. The first kappa shape index (κ1) is 11.9. The van der Waals surface area contributed by atoms with Crippen LogP contribution in [0.15, 0.2) is 18.3 Å². The fourth-order valence-corrected chi connectivity index (χ4v) is 2.37. The maximum atomic E-state index is 12.0. The molecule has 1 fully saturated rings. The first-order valence-electron chi connectivity index (χ1n) is 6.19. The van der Waals surface area contributed by atoms with Gasteiger partial charge in [0.2, 0.25) is 0 Å². The predicted molar refractivity (Wildman–Crippen MR) is 67.5 cm³/mol. The van der Waals surface area contributed by atoms with Crippen LogP contribution in [0.1, 0.15) is 43.0 Å². The topological polar surface area (TPSA) is 68.0 Å². The number of carbonyl (C=O) groups is 1. The van der Waals surface area contributed by atoms with E-state index in [-0.39, 0.29) is 5.91 Å². The van der Waals surface area contributed by atoms with Crippen LogP contribution in [-0.2, 0) is 0 Å². The number of hydrogen-bond acceptors (Lipinski definition) is 3. The molecule has 1 aromatic heterocycles. The number of nitrogens with zero attached hydrogens (tertiary/aromatic N) is 1. The molecule has 0 aliphatic heterocycles. The summed E-state index contributed by atoms with van der Waals surface area (Å²) in [6, 6.07) is 3.60. The summed E-state index contributed by atoms with van der Waals surface area (Å²) < 4.78 is 0. The Labute approximate surface area is 102 Å². The summed E-state index contributed by atoms with van der Waals surface area (Å²) in [4.78, 5) is 15.9. The normalized spacial score (nSPS) is 24.3. The zero-order chi connectivity index (χ0) is 12.3. The van der Waals surface area contributed by atoms with Crippen molar-refractivity contribution >= 4 is 11.7 Å². The summed E-state index contributed by atoms with van der Waals surface area (Å²) >= 11 is 0. The largest absolute Gasteiger partial charge is 0.384 e. The van der Waals surface area contributed by atoms with Crippen molar-refractivity contribution in [2.24, 2.45) is 5.92 Å². The van der Waals surface area contributed by atoms with Gasteiger partial charge in [-0.05, 0) is 30.9 Å². The molecule has 0 bridgehead atoms. The molecule has 4 heteroatoms. The average molecular weight is 233 g/mol. The molecule has 92 valence electrons. The van der Waals surface area contributed by atoms with Gasteiger partial charge in [-0.3, -0.25) is 4.79 Å². The molecular weight excluding hydrogens is 214 g/mol. The van der Waals surface area contributed by atoms with Gasteiger partial charge < -0.3 is 11.1 Å². The van der Waals surface area contributed by atoms with Crippen LogP contribution in [0.25, 0.3) is 0 Å². The Morgan fingerprint density at radius 3 is 2.94 bits per heavy atom. The minimum atomic E-state index is -0.0437. The average Bonchev–Trinajstić information content (AvgIpc) is 2.32. The summed E-state index contributed by atoms with van der Waals surface area (Å²) in [5.41, 5.74) is 6.16. The Morgan fingerprint density at radius 1 is 1.47 bits per heavy atom. The Hall–Kier alpha value is -1.58. The molecule has 1 heterocycles. The van der Waals surface area contributed by atoms with E-state index in [1.807, 2.05) is 0 Å². The van der Waals surface area contributed by atoms with Crippen LogP contribution in [-0.4, -0.2) is 16.9 Å². The molecule has 2 unspecified atom stereocenters. The van der Waals surface area contributed by atoms with Gasteiger partial charge in [0, 0.05) is 17.8 Å². The van der Waals surface area contributed by atoms with E-state index >= 15 is 0 Å². The third-order valence-electron chi connectivity index (χ3n) is 3.47. The van der Waals surface area contributed by atoms with E-state index in [4.69, 9.17) is 5.73 Å². The van der Waals surface area contributed by atoms with E-state index < -0.39 is 0 Å². The zero-order valence-electron chi connectivity index (χ0n) is 10.1. The zero-order valence-corrected chi connectivity index (χ0v) is 10.1. The van der Waals surface area contributed by atoms with Gasteiger partial charge in [-0.1, -0.05) is 19.8 Å². The molecule has 2 rings (SSSR count). The summed E-state index contributed by atoms with van der Waals surface area (Å²) in [7, 11) is 0. The second-order valence-electron chi connectivity index (χ2n) is 4.81. The smallest absolute Gasteiger partial charge is 0.251 e. The van der Waals surface area contributed by atoms with E-state index in [0.717, 1.165) is 6.42 Å². The van der Waals surface area contributed by atoms with Crippen molar-refractivity contribution in [2.45, 2.75) is 38.6 Å². The number of aromatic nitrogens is 1. The van der Waals surface area contributed by atoms with Crippen LogP contribution in [0.4, 0.5) is 5.82 Å². The number of nitrogens with two attached hydrogens (primary N) is 1. The van der Waals surface area contributed by atoms with Crippen molar-refractivity contribution in [3.63, 3.8) is 0 Å². The lowest BCUT2D eigenvalue weighted by Crippen LogP contribution is -2.41. The summed E-state index contributed by atoms with van der Waals surface area (Å²) in [6.45, 7) is 2.20. The standard InChI is InChI=1S/C13H19N3O/c1-9-4-2-3-5-11(9)16-13(17)10-6-7-15-12(14)8-10/h6-9,11H,2-5H2,1H3,(H2,14,15)(H,16,17). The molecule has 0 saturated heterocycles. The molecule has 17 heavy (non-hydrogen) atoms. The molecule has 0 radical (unpaired) electrons. The summed E-state index contributed by atoms with van der Waals surface area (Å²) in [5, 5.41) is 3.09. The van der Waals surface area contributed by atoms with Gasteiger partial charge in [0.1, 0.15) is 5.82 Å². The molecule has 2 atom stereocenters. The first-order chi connectivity index (χ1) is 8.16. The molecule has 0 aromatic carbocycles. The highest BCUT2D eigenvalue weighted by Gasteiger charge is 2.23. The van der Waals surface area contributed by atoms with Crippen molar-refractivity contribution in [2.75, 3.05) is 5.73 Å². The highest BCUT2D eigenvalue weighted by atomic mass is 16.1. The van der Waals surface area contributed by atoms with Crippen molar-refractivity contribution in [1.82, 2.24) is 10.3 Å². The lowest BCUT2D eigenvalue weighted by Gasteiger charge is -2.29. The quantitative estimate of drug-likeness (QED) is 0.820. The first-order valence-corrected chi connectivity index (χ1v) is 6.19. The van der Waals surface area contributed by atoms with Gasteiger partial charge in [0.15, 0.2) is 0 Å². The van der Waals surface area contributed by atoms with Crippen molar-refractivity contribution < 1.29 is 4.79 Å². The fraction of sp³-hybridized carbons (Fsp3) is 0.538. The third kappa shape index (κ3) is 2.96. The molecule has 1 aliphatic rings. The van der Waals surface area contributed by atoms with Crippen LogP contribution < -0.4 is 11.1 Å². The van der Waals surface area contributed by atoms with Gasteiger partial charge in [-0.2, -0.15) is 0 Å².